The molecular weight excluding hydrogens is 323 g/mol. The topological polar surface area (TPSA) is 12.9 Å². The lowest BCUT2D eigenvalue weighted by Gasteiger charge is -2.12. The summed E-state index contributed by atoms with van der Waals surface area (Å²) in [4.78, 5) is 4.47. The molecule has 0 aliphatic rings. The first-order chi connectivity index (χ1) is 11.8. The average Bonchev–Trinajstić information content (AvgIpc) is 2.57. The highest BCUT2D eigenvalue weighted by Gasteiger charge is 2.30. The molecule has 0 unspecified atom stereocenters. The molecule has 3 aromatic rings. The minimum Gasteiger partial charge on any atom is -0.256 e. The number of hydrogen-bond donors (Lipinski definition) is 0. The van der Waals surface area contributed by atoms with Crippen molar-refractivity contribution < 1.29 is 13.2 Å². The maximum absolute atomic E-state index is 12.7. The Hall–Kier alpha value is -2.62. The summed E-state index contributed by atoms with van der Waals surface area (Å²) in [6, 6.07) is 13.2. The summed E-state index contributed by atoms with van der Waals surface area (Å²) >= 11 is 0. The largest absolute Gasteiger partial charge is 0.416 e. The molecule has 0 atom stereocenters. The molecule has 0 spiro atoms. The Morgan fingerprint density at radius 2 is 1.36 bits per heavy atom. The van der Waals surface area contributed by atoms with Gasteiger partial charge in [0.2, 0.25) is 0 Å². The van der Waals surface area contributed by atoms with E-state index in [4.69, 9.17) is 0 Å². The Morgan fingerprint density at radius 1 is 0.720 bits per heavy atom. The monoisotopic (exact) mass is 341 g/mol. The zero-order chi connectivity index (χ0) is 18.2. The fourth-order valence-corrected chi connectivity index (χ4v) is 2.71. The second kappa shape index (κ2) is 6.36. The van der Waals surface area contributed by atoms with E-state index in [0.29, 0.717) is 0 Å². The van der Waals surface area contributed by atoms with Crippen LogP contribution in [0.4, 0.5) is 13.2 Å². The highest BCUT2D eigenvalue weighted by molar-refractivity contribution is 5.74. The molecule has 1 aromatic heterocycles. The number of rotatable bonds is 2. The summed E-state index contributed by atoms with van der Waals surface area (Å²) in [6.07, 6.45) is -2.49. The van der Waals surface area contributed by atoms with E-state index < -0.39 is 11.7 Å². The third kappa shape index (κ3) is 3.58. The van der Waals surface area contributed by atoms with Crippen molar-refractivity contribution in [1.82, 2.24) is 4.98 Å². The Morgan fingerprint density at radius 3 is 1.96 bits per heavy atom. The van der Waals surface area contributed by atoms with E-state index >= 15 is 0 Å². The molecule has 0 aliphatic heterocycles. The maximum atomic E-state index is 12.7. The van der Waals surface area contributed by atoms with E-state index in [9.17, 15) is 13.2 Å². The summed E-state index contributed by atoms with van der Waals surface area (Å²) < 4.78 is 38.2. The van der Waals surface area contributed by atoms with E-state index in [1.54, 1.807) is 0 Å². The zero-order valence-corrected chi connectivity index (χ0v) is 14.3. The summed E-state index contributed by atoms with van der Waals surface area (Å²) in [7, 11) is 0. The van der Waals surface area contributed by atoms with Crippen LogP contribution in [0.2, 0.25) is 0 Å². The van der Waals surface area contributed by atoms with E-state index in [2.05, 4.69) is 4.98 Å². The first kappa shape index (κ1) is 17.2. The molecule has 0 amide bonds. The lowest BCUT2D eigenvalue weighted by atomic mass is 9.95. The summed E-state index contributed by atoms with van der Waals surface area (Å²) in [5.74, 6) is 0. The lowest BCUT2D eigenvalue weighted by Crippen LogP contribution is -2.04. The number of benzene rings is 2. The van der Waals surface area contributed by atoms with Gasteiger partial charge in [-0.05, 0) is 72.9 Å². The molecule has 1 heterocycles. The van der Waals surface area contributed by atoms with Crippen molar-refractivity contribution in [3.05, 3.63) is 77.0 Å². The minimum atomic E-state index is -4.32. The number of nitrogens with zero attached hydrogens (tertiary/aromatic N) is 1. The smallest absolute Gasteiger partial charge is 0.256 e. The van der Waals surface area contributed by atoms with Gasteiger partial charge in [-0.1, -0.05) is 24.3 Å². The highest BCUT2D eigenvalue weighted by Crippen LogP contribution is 2.33. The molecule has 0 fully saturated rings. The van der Waals surface area contributed by atoms with Gasteiger partial charge in [0.1, 0.15) is 0 Å². The van der Waals surface area contributed by atoms with Crippen LogP contribution in [0.15, 0.2) is 54.7 Å². The second-order valence-electron chi connectivity index (χ2n) is 6.26. The zero-order valence-electron chi connectivity index (χ0n) is 14.3. The van der Waals surface area contributed by atoms with Crippen LogP contribution in [0.1, 0.15) is 22.3 Å². The van der Waals surface area contributed by atoms with Crippen LogP contribution >= 0.6 is 0 Å². The molecule has 4 heteroatoms. The molecule has 128 valence electrons. The molecule has 0 N–H and O–H groups in total. The van der Waals surface area contributed by atoms with Crippen LogP contribution in [0.25, 0.3) is 22.4 Å². The predicted molar refractivity (Wildman–Crippen MR) is 94.3 cm³/mol. The van der Waals surface area contributed by atoms with E-state index in [1.165, 1.54) is 12.1 Å². The molecule has 25 heavy (non-hydrogen) atoms. The van der Waals surface area contributed by atoms with Crippen LogP contribution in [0.5, 0.6) is 0 Å². The number of pyridine rings is 1. The number of halogens is 3. The van der Waals surface area contributed by atoms with Gasteiger partial charge in [0.05, 0.1) is 11.3 Å². The Balaban J connectivity index is 2.03. The van der Waals surface area contributed by atoms with Gasteiger partial charge in [-0.2, -0.15) is 13.2 Å². The van der Waals surface area contributed by atoms with Crippen LogP contribution in [0, 0.1) is 20.8 Å². The van der Waals surface area contributed by atoms with Gasteiger partial charge in [0, 0.05) is 11.8 Å². The quantitative estimate of drug-likeness (QED) is 0.528. The van der Waals surface area contributed by atoms with Crippen LogP contribution < -0.4 is 0 Å². The third-order valence-electron chi connectivity index (χ3n) is 4.43. The van der Waals surface area contributed by atoms with Gasteiger partial charge >= 0.3 is 6.18 Å². The van der Waals surface area contributed by atoms with Gasteiger partial charge in [-0.3, -0.25) is 4.98 Å². The van der Waals surface area contributed by atoms with Crippen molar-refractivity contribution in [2.75, 3.05) is 0 Å². The molecule has 0 bridgehead atoms. The predicted octanol–water partition coefficient (Wildman–Crippen LogP) is 6.36. The van der Waals surface area contributed by atoms with Gasteiger partial charge in [-0.15, -0.1) is 0 Å². The van der Waals surface area contributed by atoms with Crippen molar-refractivity contribution in [2.24, 2.45) is 0 Å². The summed E-state index contributed by atoms with van der Waals surface area (Å²) in [5.41, 5.74) is 6.12. The number of aromatic nitrogens is 1. The number of alkyl halides is 3. The Labute approximate surface area is 145 Å². The Kier molecular flexibility index (Phi) is 4.38. The van der Waals surface area contributed by atoms with Gasteiger partial charge in [-0.25, -0.2) is 0 Å². The standard InChI is InChI=1S/C21H18F3N/c1-13-4-5-17(20-10-14(2)15(3)12-25-20)11-19(13)16-6-8-18(9-7-16)21(22,23)24/h4-12H,1-3H3. The lowest BCUT2D eigenvalue weighted by molar-refractivity contribution is -0.137. The van der Waals surface area contributed by atoms with Crippen molar-refractivity contribution in [3.8, 4) is 22.4 Å². The van der Waals surface area contributed by atoms with Crippen molar-refractivity contribution in [3.63, 3.8) is 0 Å². The normalized spacial score (nSPS) is 11.6. The SMILES string of the molecule is Cc1cnc(-c2ccc(C)c(-c3ccc(C(F)(F)F)cc3)c2)cc1C. The molecule has 3 rings (SSSR count). The summed E-state index contributed by atoms with van der Waals surface area (Å²) in [6.45, 7) is 5.99. The van der Waals surface area contributed by atoms with Crippen molar-refractivity contribution >= 4 is 0 Å². The van der Waals surface area contributed by atoms with Gasteiger partial charge < -0.3 is 0 Å². The van der Waals surface area contributed by atoms with E-state index in [-0.39, 0.29) is 0 Å². The van der Waals surface area contributed by atoms with Crippen molar-refractivity contribution in [1.29, 1.82) is 0 Å². The molecule has 0 radical (unpaired) electrons. The fraction of sp³-hybridized carbons (Fsp3) is 0.190. The van der Waals surface area contributed by atoms with Crippen LogP contribution in [-0.2, 0) is 6.18 Å². The van der Waals surface area contributed by atoms with E-state index in [0.717, 1.165) is 51.2 Å². The molecular formula is C21H18F3N. The first-order valence-electron chi connectivity index (χ1n) is 7.97. The Bertz CT molecular complexity index is 909. The van der Waals surface area contributed by atoms with Crippen LogP contribution in [-0.4, -0.2) is 4.98 Å². The molecule has 0 aliphatic carbocycles. The van der Waals surface area contributed by atoms with E-state index in [1.807, 2.05) is 51.2 Å². The molecule has 2 aromatic carbocycles. The average molecular weight is 341 g/mol. The highest BCUT2D eigenvalue weighted by atomic mass is 19.4. The molecule has 1 nitrogen and oxygen atoms in total. The third-order valence-corrected chi connectivity index (χ3v) is 4.43. The van der Waals surface area contributed by atoms with Gasteiger partial charge in [0.25, 0.3) is 0 Å². The molecule has 0 saturated heterocycles. The number of hydrogen-bond acceptors (Lipinski definition) is 1. The fourth-order valence-electron chi connectivity index (χ4n) is 2.71. The minimum absolute atomic E-state index is 0.638. The first-order valence-corrected chi connectivity index (χ1v) is 7.97. The molecule has 0 saturated carbocycles. The number of aryl methyl sites for hydroxylation is 3. The summed E-state index contributed by atoms with van der Waals surface area (Å²) in [5, 5.41) is 0. The second-order valence-corrected chi connectivity index (χ2v) is 6.26. The van der Waals surface area contributed by atoms with Crippen molar-refractivity contribution in [2.45, 2.75) is 26.9 Å². The van der Waals surface area contributed by atoms with Crippen LogP contribution in [0.3, 0.4) is 0 Å². The van der Waals surface area contributed by atoms with Gasteiger partial charge in [0.15, 0.2) is 0 Å². The maximum Gasteiger partial charge on any atom is 0.416 e.